The van der Waals surface area contributed by atoms with E-state index in [-0.39, 0.29) is 5.91 Å². The molecule has 0 spiro atoms. The molecular formula is C14H22N2OS. The van der Waals surface area contributed by atoms with E-state index < -0.39 is 0 Å². The van der Waals surface area contributed by atoms with Gasteiger partial charge in [-0.1, -0.05) is 19.8 Å². The van der Waals surface area contributed by atoms with Gasteiger partial charge in [-0.05, 0) is 30.7 Å². The highest BCUT2D eigenvalue weighted by atomic mass is 32.1. The van der Waals surface area contributed by atoms with Crippen LogP contribution in [0.15, 0.2) is 11.4 Å². The highest BCUT2D eigenvalue weighted by Gasteiger charge is 2.31. The van der Waals surface area contributed by atoms with Crippen molar-refractivity contribution in [3.05, 3.63) is 21.9 Å². The maximum Gasteiger partial charge on any atom is 0.249 e. The number of thiophene rings is 1. The van der Waals surface area contributed by atoms with Gasteiger partial charge in [0.25, 0.3) is 0 Å². The molecule has 1 aliphatic carbocycles. The standard InChI is InChI=1S/C14H22N2OS/c1-2-14(5-3-4-6-14)10-16-8-12-7-11(9-18-12)13(15)17/h7,9,16H,2-6,8,10H2,1H3,(H2,15,17). The van der Waals surface area contributed by atoms with Crippen molar-refractivity contribution in [2.75, 3.05) is 6.54 Å². The number of amides is 1. The Morgan fingerprint density at radius 3 is 2.78 bits per heavy atom. The summed E-state index contributed by atoms with van der Waals surface area (Å²) in [7, 11) is 0. The molecule has 2 rings (SSSR count). The van der Waals surface area contributed by atoms with Crippen molar-refractivity contribution in [3.63, 3.8) is 0 Å². The monoisotopic (exact) mass is 266 g/mol. The summed E-state index contributed by atoms with van der Waals surface area (Å²) >= 11 is 1.60. The predicted molar refractivity (Wildman–Crippen MR) is 75.7 cm³/mol. The Hall–Kier alpha value is -0.870. The van der Waals surface area contributed by atoms with Crippen molar-refractivity contribution in [1.82, 2.24) is 5.32 Å². The van der Waals surface area contributed by atoms with Crippen molar-refractivity contribution >= 4 is 17.2 Å². The van der Waals surface area contributed by atoms with E-state index >= 15 is 0 Å². The zero-order valence-electron chi connectivity index (χ0n) is 11.0. The molecule has 0 atom stereocenters. The maximum atomic E-state index is 11.0. The first-order valence-corrected chi connectivity index (χ1v) is 7.61. The number of nitrogens with two attached hydrogens (primary N) is 1. The third kappa shape index (κ3) is 3.12. The van der Waals surface area contributed by atoms with Gasteiger partial charge in [0.2, 0.25) is 5.91 Å². The minimum atomic E-state index is -0.335. The average Bonchev–Trinajstić information content (AvgIpc) is 2.98. The summed E-state index contributed by atoms with van der Waals surface area (Å²) in [6, 6.07) is 1.90. The highest BCUT2D eigenvalue weighted by molar-refractivity contribution is 7.10. The fourth-order valence-corrected chi connectivity index (χ4v) is 3.68. The Balaban J connectivity index is 1.82. The van der Waals surface area contributed by atoms with E-state index in [9.17, 15) is 4.79 Å². The summed E-state index contributed by atoms with van der Waals surface area (Å²) in [6.45, 7) is 4.23. The number of hydrogen-bond acceptors (Lipinski definition) is 3. The lowest BCUT2D eigenvalue weighted by Gasteiger charge is -2.27. The van der Waals surface area contributed by atoms with E-state index in [4.69, 9.17) is 5.73 Å². The number of rotatable bonds is 6. The van der Waals surface area contributed by atoms with E-state index in [2.05, 4.69) is 12.2 Å². The van der Waals surface area contributed by atoms with Gasteiger partial charge in [-0.3, -0.25) is 4.79 Å². The summed E-state index contributed by atoms with van der Waals surface area (Å²) < 4.78 is 0. The lowest BCUT2D eigenvalue weighted by Crippen LogP contribution is -2.31. The summed E-state index contributed by atoms with van der Waals surface area (Å²) in [5, 5.41) is 5.38. The average molecular weight is 266 g/mol. The van der Waals surface area contributed by atoms with Gasteiger partial charge < -0.3 is 11.1 Å². The first-order chi connectivity index (χ1) is 8.65. The van der Waals surface area contributed by atoms with Crippen LogP contribution in [0, 0.1) is 5.41 Å². The molecule has 0 radical (unpaired) electrons. The second-order valence-electron chi connectivity index (χ2n) is 5.33. The Bertz CT molecular complexity index is 408. The minimum Gasteiger partial charge on any atom is -0.366 e. The minimum absolute atomic E-state index is 0.335. The summed E-state index contributed by atoms with van der Waals surface area (Å²) in [4.78, 5) is 12.2. The van der Waals surface area contributed by atoms with Gasteiger partial charge in [-0.25, -0.2) is 0 Å². The van der Waals surface area contributed by atoms with Gasteiger partial charge >= 0.3 is 0 Å². The van der Waals surface area contributed by atoms with Crippen molar-refractivity contribution < 1.29 is 4.79 Å². The largest absolute Gasteiger partial charge is 0.366 e. The van der Waals surface area contributed by atoms with E-state index in [0.29, 0.717) is 11.0 Å². The van der Waals surface area contributed by atoms with Crippen molar-refractivity contribution in [2.24, 2.45) is 11.1 Å². The van der Waals surface area contributed by atoms with Gasteiger partial charge in [-0.2, -0.15) is 0 Å². The smallest absolute Gasteiger partial charge is 0.249 e. The molecule has 1 heterocycles. The van der Waals surface area contributed by atoms with E-state index in [0.717, 1.165) is 13.1 Å². The van der Waals surface area contributed by atoms with Gasteiger partial charge in [0.15, 0.2) is 0 Å². The van der Waals surface area contributed by atoms with Crippen molar-refractivity contribution in [1.29, 1.82) is 0 Å². The first-order valence-electron chi connectivity index (χ1n) is 6.73. The molecule has 18 heavy (non-hydrogen) atoms. The lowest BCUT2D eigenvalue weighted by molar-refractivity contribution is 0.100. The molecule has 0 aliphatic heterocycles. The fraction of sp³-hybridized carbons (Fsp3) is 0.643. The molecule has 1 aliphatic rings. The fourth-order valence-electron chi connectivity index (χ4n) is 2.83. The van der Waals surface area contributed by atoms with Crippen LogP contribution < -0.4 is 11.1 Å². The molecule has 0 unspecified atom stereocenters. The quantitative estimate of drug-likeness (QED) is 0.832. The third-order valence-electron chi connectivity index (χ3n) is 4.15. The van der Waals surface area contributed by atoms with Crippen LogP contribution in [0.4, 0.5) is 0 Å². The Labute approximate surface area is 113 Å². The molecule has 4 heteroatoms. The normalized spacial score (nSPS) is 18.1. The Morgan fingerprint density at radius 1 is 1.50 bits per heavy atom. The van der Waals surface area contributed by atoms with Crippen LogP contribution in [0.3, 0.4) is 0 Å². The molecule has 0 saturated heterocycles. The summed E-state index contributed by atoms with van der Waals surface area (Å²) in [5.74, 6) is -0.335. The van der Waals surface area contributed by atoms with Crippen LogP contribution in [0.5, 0.6) is 0 Å². The third-order valence-corrected chi connectivity index (χ3v) is 5.09. The molecule has 1 amide bonds. The van der Waals surface area contributed by atoms with E-state index in [1.165, 1.54) is 37.0 Å². The zero-order chi connectivity index (χ0) is 13.0. The molecule has 1 saturated carbocycles. The SMILES string of the molecule is CCC1(CNCc2cc(C(N)=O)cs2)CCCC1. The Kier molecular flexibility index (Phi) is 4.40. The molecule has 0 bridgehead atoms. The molecular weight excluding hydrogens is 244 g/mol. The molecule has 0 aromatic carbocycles. The molecule has 1 aromatic heterocycles. The maximum absolute atomic E-state index is 11.0. The van der Waals surface area contributed by atoms with Crippen LogP contribution in [0.1, 0.15) is 54.3 Å². The second-order valence-corrected chi connectivity index (χ2v) is 6.33. The van der Waals surface area contributed by atoms with Crippen molar-refractivity contribution in [2.45, 2.75) is 45.6 Å². The van der Waals surface area contributed by atoms with Crippen molar-refractivity contribution in [3.8, 4) is 0 Å². The predicted octanol–water partition coefficient (Wildman–Crippen LogP) is 2.91. The topological polar surface area (TPSA) is 55.1 Å². The van der Waals surface area contributed by atoms with Gasteiger partial charge in [0.1, 0.15) is 0 Å². The number of nitrogens with one attached hydrogen (secondary N) is 1. The molecule has 100 valence electrons. The number of primary amides is 1. The zero-order valence-corrected chi connectivity index (χ0v) is 11.8. The van der Waals surface area contributed by atoms with Crippen LogP contribution in [-0.2, 0) is 6.54 Å². The summed E-state index contributed by atoms with van der Waals surface area (Å²) in [5.41, 5.74) is 6.39. The first kappa shape index (κ1) is 13.6. The van der Waals surface area contributed by atoms with Crippen LogP contribution in [-0.4, -0.2) is 12.5 Å². The number of carbonyl (C=O) groups excluding carboxylic acids is 1. The number of carbonyl (C=O) groups is 1. The highest BCUT2D eigenvalue weighted by Crippen LogP contribution is 2.40. The molecule has 1 aromatic rings. The van der Waals surface area contributed by atoms with E-state index in [1.54, 1.807) is 11.3 Å². The van der Waals surface area contributed by atoms with Crippen LogP contribution >= 0.6 is 11.3 Å². The van der Waals surface area contributed by atoms with Crippen LogP contribution in [0.25, 0.3) is 0 Å². The lowest BCUT2D eigenvalue weighted by atomic mass is 9.83. The van der Waals surface area contributed by atoms with Crippen LogP contribution in [0.2, 0.25) is 0 Å². The molecule has 1 fully saturated rings. The second kappa shape index (κ2) is 5.85. The molecule has 3 nitrogen and oxygen atoms in total. The summed E-state index contributed by atoms with van der Waals surface area (Å²) in [6.07, 6.45) is 6.72. The Morgan fingerprint density at radius 2 is 2.22 bits per heavy atom. The van der Waals surface area contributed by atoms with E-state index in [1.807, 2.05) is 11.4 Å². The molecule has 3 N–H and O–H groups in total. The van der Waals surface area contributed by atoms with Gasteiger partial charge in [0.05, 0.1) is 5.56 Å². The number of hydrogen-bond donors (Lipinski definition) is 2. The van der Waals surface area contributed by atoms with Gasteiger partial charge in [-0.15, -0.1) is 11.3 Å². The van der Waals surface area contributed by atoms with Gasteiger partial charge in [0, 0.05) is 23.3 Å².